The van der Waals surface area contributed by atoms with E-state index in [9.17, 15) is 4.79 Å². The van der Waals surface area contributed by atoms with Crippen LogP contribution >= 0.6 is 15.9 Å². The normalized spacial score (nSPS) is 10.7. The molecule has 3 nitrogen and oxygen atoms in total. The molecule has 1 heterocycles. The molecule has 116 valence electrons. The predicted molar refractivity (Wildman–Crippen MR) is 97.9 cm³/mol. The fourth-order valence-corrected chi connectivity index (χ4v) is 3.56. The van der Waals surface area contributed by atoms with Crippen molar-refractivity contribution in [3.63, 3.8) is 0 Å². The van der Waals surface area contributed by atoms with Crippen LogP contribution in [0.15, 0.2) is 64.6 Å². The number of rotatable bonds is 3. The Morgan fingerprint density at radius 3 is 2.65 bits per heavy atom. The van der Waals surface area contributed by atoms with E-state index >= 15 is 0 Å². The zero-order valence-corrected chi connectivity index (χ0v) is 14.6. The van der Waals surface area contributed by atoms with Gasteiger partial charge in [-0.25, -0.2) is 0 Å². The summed E-state index contributed by atoms with van der Waals surface area (Å²) in [6.07, 6.45) is 1.38. The molecule has 0 unspecified atom stereocenters. The van der Waals surface area contributed by atoms with Crippen molar-refractivity contribution in [1.29, 1.82) is 0 Å². The summed E-state index contributed by atoms with van der Waals surface area (Å²) in [5.74, 6) is 0.657. The molecular weight excluding hydrogens is 354 g/mol. The molecule has 0 saturated heterocycles. The Labute approximate surface area is 143 Å². The van der Waals surface area contributed by atoms with Gasteiger partial charge in [-0.05, 0) is 41.1 Å². The van der Waals surface area contributed by atoms with E-state index in [1.54, 1.807) is 11.6 Å². The van der Waals surface area contributed by atoms with Gasteiger partial charge in [0.1, 0.15) is 5.75 Å². The molecule has 0 saturated carbocycles. The smallest absolute Gasteiger partial charge is 0.258 e. The van der Waals surface area contributed by atoms with Crippen molar-refractivity contribution < 1.29 is 4.74 Å². The Hall–Kier alpha value is -2.33. The molecule has 0 aliphatic heterocycles. The highest BCUT2D eigenvalue weighted by Gasteiger charge is 2.17. The summed E-state index contributed by atoms with van der Waals surface area (Å²) in [4.78, 5) is 12.8. The average Bonchev–Trinajstić information content (AvgIpc) is 2.54. The Kier molecular flexibility index (Phi) is 4.09. The zero-order valence-electron chi connectivity index (χ0n) is 13.0. The fourth-order valence-electron chi connectivity index (χ4n) is 2.74. The lowest BCUT2D eigenvalue weighted by atomic mass is 10.0. The summed E-state index contributed by atoms with van der Waals surface area (Å²) in [6.45, 7) is 5.59. The fraction of sp³-hybridized carbons (Fsp3) is 0.105. The van der Waals surface area contributed by atoms with Gasteiger partial charge in [0.05, 0.1) is 16.4 Å². The largest absolute Gasteiger partial charge is 0.465 e. The topological polar surface area (TPSA) is 31.2 Å². The van der Waals surface area contributed by atoms with E-state index in [0.29, 0.717) is 11.1 Å². The Morgan fingerprint density at radius 1 is 1.17 bits per heavy atom. The van der Waals surface area contributed by atoms with Gasteiger partial charge in [0.15, 0.2) is 0 Å². The molecule has 0 fully saturated rings. The standard InChI is InChI=1S/C19H16BrNO2/c1-4-23-16-8-6-5-7-14(16)18-17(20)13-10-9-12(2)11-15(13)19(22)21(18)3/h4-11H,1H2,2-3H3. The molecule has 0 radical (unpaired) electrons. The zero-order chi connectivity index (χ0) is 16.6. The number of hydrogen-bond acceptors (Lipinski definition) is 2. The van der Waals surface area contributed by atoms with Crippen molar-refractivity contribution in [2.75, 3.05) is 0 Å². The summed E-state index contributed by atoms with van der Waals surface area (Å²) < 4.78 is 8.02. The van der Waals surface area contributed by atoms with E-state index in [-0.39, 0.29) is 5.56 Å². The lowest BCUT2D eigenvalue weighted by Gasteiger charge is -2.16. The summed E-state index contributed by atoms with van der Waals surface area (Å²) in [5, 5.41) is 1.59. The monoisotopic (exact) mass is 369 g/mol. The van der Waals surface area contributed by atoms with Crippen molar-refractivity contribution in [1.82, 2.24) is 4.57 Å². The van der Waals surface area contributed by atoms with Crippen molar-refractivity contribution in [3.05, 3.63) is 75.7 Å². The minimum Gasteiger partial charge on any atom is -0.465 e. The van der Waals surface area contributed by atoms with E-state index in [4.69, 9.17) is 4.74 Å². The van der Waals surface area contributed by atoms with Crippen LogP contribution in [0.4, 0.5) is 0 Å². The van der Waals surface area contributed by atoms with Crippen molar-refractivity contribution in [2.45, 2.75) is 6.92 Å². The number of ether oxygens (including phenoxy) is 1. The predicted octanol–water partition coefficient (Wildman–Crippen LogP) is 4.80. The molecule has 0 N–H and O–H groups in total. The maximum atomic E-state index is 12.8. The van der Waals surface area contributed by atoms with Crippen LogP contribution in [0.1, 0.15) is 5.56 Å². The van der Waals surface area contributed by atoms with E-state index in [1.807, 2.05) is 49.4 Å². The van der Waals surface area contributed by atoms with Crippen LogP contribution in [0.5, 0.6) is 5.75 Å². The first kappa shape index (κ1) is 15.6. The van der Waals surface area contributed by atoms with Crippen molar-refractivity contribution in [3.8, 4) is 17.0 Å². The lowest BCUT2D eigenvalue weighted by molar-refractivity contribution is 0.484. The SMILES string of the molecule is C=COc1ccccc1-c1c(Br)c2ccc(C)cc2c(=O)n1C. The molecule has 1 aromatic heterocycles. The van der Waals surface area contributed by atoms with Crippen LogP contribution in [0.2, 0.25) is 0 Å². The average molecular weight is 370 g/mol. The molecule has 3 rings (SSSR count). The van der Waals surface area contributed by atoms with Crippen molar-refractivity contribution in [2.24, 2.45) is 7.05 Å². The molecular formula is C19H16BrNO2. The van der Waals surface area contributed by atoms with Crippen LogP contribution in [0, 0.1) is 6.92 Å². The molecule has 3 aromatic rings. The van der Waals surface area contributed by atoms with Crippen LogP contribution in [-0.2, 0) is 7.05 Å². The molecule has 0 aliphatic carbocycles. The van der Waals surface area contributed by atoms with Crippen molar-refractivity contribution >= 4 is 26.7 Å². The second kappa shape index (κ2) is 6.05. The third-order valence-electron chi connectivity index (χ3n) is 3.84. The number of fused-ring (bicyclic) bond motifs is 1. The Bertz CT molecular complexity index is 973. The Balaban J connectivity index is 2.42. The number of hydrogen-bond donors (Lipinski definition) is 0. The number of nitrogens with zero attached hydrogens (tertiary/aromatic N) is 1. The number of aromatic nitrogens is 1. The molecule has 4 heteroatoms. The van der Waals surface area contributed by atoms with E-state index < -0.39 is 0 Å². The minimum absolute atomic E-state index is 0.0321. The first-order chi connectivity index (χ1) is 11.0. The van der Waals surface area contributed by atoms with Gasteiger partial charge >= 0.3 is 0 Å². The van der Waals surface area contributed by atoms with Gasteiger partial charge in [0, 0.05) is 23.4 Å². The molecule has 0 aliphatic rings. The number of para-hydroxylation sites is 1. The van der Waals surface area contributed by atoms with Gasteiger partial charge in [-0.2, -0.15) is 0 Å². The summed E-state index contributed by atoms with van der Waals surface area (Å²) in [5.41, 5.74) is 2.64. The summed E-state index contributed by atoms with van der Waals surface area (Å²) >= 11 is 3.67. The van der Waals surface area contributed by atoms with E-state index in [0.717, 1.165) is 26.7 Å². The number of benzene rings is 2. The second-order valence-corrected chi connectivity index (χ2v) is 6.15. The summed E-state index contributed by atoms with van der Waals surface area (Å²) in [7, 11) is 1.77. The molecule has 2 aromatic carbocycles. The lowest BCUT2D eigenvalue weighted by Crippen LogP contribution is -2.19. The number of halogens is 1. The van der Waals surface area contributed by atoms with Gasteiger partial charge < -0.3 is 9.30 Å². The molecule has 0 spiro atoms. The molecule has 0 atom stereocenters. The molecule has 23 heavy (non-hydrogen) atoms. The van der Waals surface area contributed by atoms with Gasteiger partial charge in [0.2, 0.25) is 0 Å². The highest BCUT2D eigenvalue weighted by Crippen LogP contribution is 2.37. The molecule has 0 amide bonds. The first-order valence-corrected chi connectivity index (χ1v) is 7.99. The maximum absolute atomic E-state index is 12.8. The van der Waals surface area contributed by atoms with Gasteiger partial charge in [-0.3, -0.25) is 4.79 Å². The number of pyridine rings is 1. The Morgan fingerprint density at radius 2 is 1.91 bits per heavy atom. The van der Waals surface area contributed by atoms with Gasteiger partial charge in [0.25, 0.3) is 5.56 Å². The van der Waals surface area contributed by atoms with Crippen LogP contribution in [0.3, 0.4) is 0 Å². The van der Waals surface area contributed by atoms with E-state index in [2.05, 4.69) is 22.5 Å². The van der Waals surface area contributed by atoms with Crippen LogP contribution < -0.4 is 10.3 Å². The van der Waals surface area contributed by atoms with Gasteiger partial charge in [-0.1, -0.05) is 36.4 Å². The van der Waals surface area contributed by atoms with Gasteiger partial charge in [-0.15, -0.1) is 0 Å². The first-order valence-electron chi connectivity index (χ1n) is 7.20. The highest BCUT2D eigenvalue weighted by atomic mass is 79.9. The highest BCUT2D eigenvalue weighted by molar-refractivity contribution is 9.10. The maximum Gasteiger partial charge on any atom is 0.258 e. The third-order valence-corrected chi connectivity index (χ3v) is 4.65. The second-order valence-electron chi connectivity index (χ2n) is 5.36. The molecule has 0 bridgehead atoms. The quantitative estimate of drug-likeness (QED) is 0.621. The van der Waals surface area contributed by atoms with Crippen LogP contribution in [-0.4, -0.2) is 4.57 Å². The third kappa shape index (κ3) is 2.59. The van der Waals surface area contributed by atoms with Crippen LogP contribution in [0.25, 0.3) is 22.0 Å². The van der Waals surface area contributed by atoms with E-state index in [1.165, 1.54) is 6.26 Å². The number of aryl methyl sites for hydroxylation is 1. The minimum atomic E-state index is -0.0321. The summed E-state index contributed by atoms with van der Waals surface area (Å²) in [6, 6.07) is 13.5.